The normalized spacial score (nSPS) is 13.2. The van der Waals surface area contributed by atoms with Crippen molar-refractivity contribution in [2.75, 3.05) is 13.2 Å². The summed E-state index contributed by atoms with van der Waals surface area (Å²) < 4.78 is 3.20. The predicted octanol–water partition coefficient (Wildman–Crippen LogP) is 1.69. The largest absolute Gasteiger partial charge is 0.478 e. The standard InChI is InChI=1S/C21H25N5O4/c1-4-7-17(28)22-12-21(2,13-27)10-14-11-26(24-23-14)19-18(20(29)30)15-8-5-6-9-16(15)25(19)3/h4-6,8-9,11,27H,1,7,10,12-13H2,2-3H3,(H,22,28)(H,29,30). The first kappa shape index (κ1) is 21.3. The van der Waals surface area contributed by atoms with Crippen molar-refractivity contribution >= 4 is 22.8 Å². The van der Waals surface area contributed by atoms with Crippen LogP contribution in [0.5, 0.6) is 0 Å². The lowest BCUT2D eigenvalue weighted by atomic mass is 9.86. The molecule has 0 saturated heterocycles. The quantitative estimate of drug-likeness (QED) is 0.461. The van der Waals surface area contributed by atoms with E-state index in [2.05, 4.69) is 22.2 Å². The predicted molar refractivity (Wildman–Crippen MR) is 112 cm³/mol. The van der Waals surface area contributed by atoms with Crippen molar-refractivity contribution in [3.63, 3.8) is 0 Å². The summed E-state index contributed by atoms with van der Waals surface area (Å²) in [5, 5.41) is 31.3. The van der Waals surface area contributed by atoms with E-state index in [0.717, 1.165) is 5.52 Å². The van der Waals surface area contributed by atoms with Gasteiger partial charge >= 0.3 is 5.97 Å². The number of aromatic carboxylic acids is 1. The van der Waals surface area contributed by atoms with E-state index in [0.29, 0.717) is 23.3 Å². The summed E-state index contributed by atoms with van der Waals surface area (Å²) in [5.74, 6) is -0.827. The third-order valence-electron chi connectivity index (χ3n) is 5.08. The molecule has 158 valence electrons. The average Bonchev–Trinajstić information content (AvgIpc) is 3.29. The molecule has 0 spiro atoms. The van der Waals surface area contributed by atoms with E-state index >= 15 is 0 Å². The number of carbonyl (C=O) groups is 2. The van der Waals surface area contributed by atoms with E-state index in [-0.39, 0.29) is 31.0 Å². The van der Waals surface area contributed by atoms with Crippen LogP contribution < -0.4 is 5.32 Å². The summed E-state index contributed by atoms with van der Waals surface area (Å²) in [5.41, 5.74) is 0.844. The molecule has 1 amide bonds. The van der Waals surface area contributed by atoms with Crippen LogP contribution in [0, 0.1) is 5.41 Å². The maximum Gasteiger partial charge on any atom is 0.340 e. The van der Waals surface area contributed by atoms with Gasteiger partial charge in [-0.2, -0.15) is 0 Å². The van der Waals surface area contributed by atoms with Crippen LogP contribution in [0.15, 0.2) is 43.1 Å². The number of amides is 1. The molecule has 0 aliphatic carbocycles. The molecular weight excluding hydrogens is 386 g/mol. The van der Waals surface area contributed by atoms with Gasteiger partial charge in [0.05, 0.1) is 24.0 Å². The third kappa shape index (κ3) is 4.11. The number of aliphatic hydroxyl groups excluding tert-OH is 1. The Morgan fingerprint density at radius 2 is 2.07 bits per heavy atom. The number of para-hydroxylation sites is 1. The van der Waals surface area contributed by atoms with Crippen LogP contribution in [0.2, 0.25) is 0 Å². The second-order valence-corrected chi connectivity index (χ2v) is 7.65. The molecule has 9 heteroatoms. The van der Waals surface area contributed by atoms with Crippen LogP contribution in [0.3, 0.4) is 0 Å². The monoisotopic (exact) mass is 411 g/mol. The first-order valence-corrected chi connectivity index (χ1v) is 9.50. The number of aryl methyl sites for hydroxylation is 1. The fourth-order valence-electron chi connectivity index (χ4n) is 3.47. The van der Waals surface area contributed by atoms with E-state index in [4.69, 9.17) is 0 Å². The minimum Gasteiger partial charge on any atom is -0.478 e. The first-order chi connectivity index (χ1) is 14.3. The van der Waals surface area contributed by atoms with Crippen molar-refractivity contribution in [3.05, 3.63) is 54.4 Å². The van der Waals surface area contributed by atoms with Crippen molar-refractivity contribution in [1.29, 1.82) is 0 Å². The Kier molecular flexibility index (Phi) is 6.02. The van der Waals surface area contributed by atoms with Crippen LogP contribution in [0.4, 0.5) is 0 Å². The number of aliphatic hydroxyl groups is 1. The van der Waals surface area contributed by atoms with Gasteiger partial charge in [-0.1, -0.05) is 36.4 Å². The number of carboxylic acids is 1. The van der Waals surface area contributed by atoms with Gasteiger partial charge in [-0.05, 0) is 6.07 Å². The lowest BCUT2D eigenvalue weighted by Gasteiger charge is -2.26. The van der Waals surface area contributed by atoms with Crippen LogP contribution in [-0.2, 0) is 18.3 Å². The molecule has 1 aromatic carbocycles. The molecule has 2 aromatic heterocycles. The van der Waals surface area contributed by atoms with Crippen LogP contribution in [0.1, 0.15) is 29.4 Å². The van der Waals surface area contributed by atoms with Gasteiger partial charge in [0.15, 0.2) is 5.82 Å². The molecule has 0 saturated carbocycles. The number of nitrogens with one attached hydrogen (secondary N) is 1. The Balaban J connectivity index is 1.90. The van der Waals surface area contributed by atoms with E-state index < -0.39 is 11.4 Å². The van der Waals surface area contributed by atoms with Crippen LogP contribution in [0.25, 0.3) is 16.7 Å². The van der Waals surface area contributed by atoms with Gasteiger partial charge in [0.25, 0.3) is 0 Å². The zero-order valence-electron chi connectivity index (χ0n) is 17.0. The molecule has 1 unspecified atom stereocenters. The van der Waals surface area contributed by atoms with Gasteiger partial charge in [-0.25, -0.2) is 9.48 Å². The zero-order valence-corrected chi connectivity index (χ0v) is 17.0. The van der Waals surface area contributed by atoms with Crippen molar-refractivity contribution < 1.29 is 19.8 Å². The van der Waals surface area contributed by atoms with Gasteiger partial charge in [0.1, 0.15) is 5.56 Å². The zero-order chi connectivity index (χ0) is 21.9. The van der Waals surface area contributed by atoms with E-state index in [1.807, 2.05) is 19.1 Å². The van der Waals surface area contributed by atoms with Crippen molar-refractivity contribution in [2.24, 2.45) is 12.5 Å². The molecule has 2 heterocycles. The fourth-order valence-corrected chi connectivity index (χ4v) is 3.47. The number of hydrogen-bond acceptors (Lipinski definition) is 5. The van der Waals surface area contributed by atoms with Crippen LogP contribution in [-0.4, -0.2) is 54.8 Å². The second kappa shape index (κ2) is 8.50. The molecule has 3 aromatic rings. The number of fused-ring (bicyclic) bond motifs is 1. The van der Waals surface area contributed by atoms with Crippen molar-refractivity contribution in [3.8, 4) is 5.82 Å². The average molecular weight is 411 g/mol. The highest BCUT2D eigenvalue weighted by Gasteiger charge is 2.28. The highest BCUT2D eigenvalue weighted by Crippen LogP contribution is 2.28. The van der Waals surface area contributed by atoms with Crippen LogP contribution >= 0.6 is 0 Å². The van der Waals surface area contributed by atoms with E-state index in [9.17, 15) is 19.8 Å². The van der Waals surface area contributed by atoms with Gasteiger partial charge in [0, 0.05) is 37.2 Å². The number of benzene rings is 1. The molecule has 1 atom stereocenters. The Morgan fingerprint density at radius 3 is 2.73 bits per heavy atom. The van der Waals surface area contributed by atoms with Gasteiger partial charge in [-0.15, -0.1) is 11.7 Å². The first-order valence-electron chi connectivity index (χ1n) is 9.50. The molecule has 0 bridgehead atoms. The summed E-state index contributed by atoms with van der Waals surface area (Å²) >= 11 is 0. The molecule has 30 heavy (non-hydrogen) atoms. The third-order valence-corrected chi connectivity index (χ3v) is 5.08. The minimum atomic E-state index is -1.05. The topological polar surface area (TPSA) is 122 Å². The van der Waals surface area contributed by atoms with Gasteiger partial charge in [0.2, 0.25) is 5.91 Å². The summed E-state index contributed by atoms with van der Waals surface area (Å²) in [6, 6.07) is 7.24. The fraction of sp³-hybridized carbons (Fsp3) is 0.333. The highest BCUT2D eigenvalue weighted by atomic mass is 16.4. The molecule has 3 rings (SSSR count). The second-order valence-electron chi connectivity index (χ2n) is 7.65. The Labute approximate surface area is 173 Å². The SMILES string of the molecule is C=CCC(=O)NCC(C)(CO)Cc1cn(-c2c(C(=O)O)c3ccccc3n2C)nn1. The van der Waals surface area contributed by atoms with Gasteiger partial charge < -0.3 is 20.1 Å². The van der Waals surface area contributed by atoms with Gasteiger partial charge in [-0.3, -0.25) is 4.79 Å². The molecule has 3 N–H and O–H groups in total. The van der Waals surface area contributed by atoms with Crippen molar-refractivity contribution in [1.82, 2.24) is 24.9 Å². The maximum atomic E-state index is 12.0. The number of carboxylic acid groups (broad SMARTS) is 1. The highest BCUT2D eigenvalue weighted by molar-refractivity contribution is 6.07. The Hall–Kier alpha value is -3.46. The van der Waals surface area contributed by atoms with E-state index in [1.165, 1.54) is 10.8 Å². The molecule has 9 nitrogen and oxygen atoms in total. The number of rotatable bonds is 9. The number of carbonyl (C=O) groups excluding carboxylic acids is 1. The van der Waals surface area contributed by atoms with Crippen molar-refractivity contribution in [2.45, 2.75) is 19.8 Å². The summed E-state index contributed by atoms with van der Waals surface area (Å²) in [6.45, 7) is 5.46. The Bertz CT molecular complexity index is 1100. The molecule has 0 aliphatic rings. The minimum absolute atomic E-state index is 0.145. The van der Waals surface area contributed by atoms with E-state index in [1.54, 1.807) is 29.9 Å². The maximum absolute atomic E-state index is 12.0. The Morgan fingerprint density at radius 1 is 1.33 bits per heavy atom. The number of aromatic nitrogens is 4. The number of hydrogen-bond donors (Lipinski definition) is 3. The molecule has 0 radical (unpaired) electrons. The summed E-state index contributed by atoms with van der Waals surface area (Å²) in [7, 11) is 1.78. The number of nitrogens with zero attached hydrogens (tertiary/aromatic N) is 4. The smallest absolute Gasteiger partial charge is 0.340 e. The molecule has 0 fully saturated rings. The lowest BCUT2D eigenvalue weighted by Crippen LogP contribution is -2.39. The summed E-state index contributed by atoms with van der Waals surface area (Å²) in [6.07, 6.45) is 3.72. The summed E-state index contributed by atoms with van der Waals surface area (Å²) in [4.78, 5) is 23.7. The molecule has 0 aliphatic heterocycles. The molecular formula is C21H25N5O4. The lowest BCUT2D eigenvalue weighted by molar-refractivity contribution is -0.120.